The van der Waals surface area contributed by atoms with Crippen LogP contribution in [0.5, 0.6) is 0 Å². The van der Waals surface area contributed by atoms with Crippen molar-refractivity contribution in [2.24, 2.45) is 0 Å². The van der Waals surface area contributed by atoms with Crippen molar-refractivity contribution in [3.05, 3.63) is 34.3 Å². The van der Waals surface area contributed by atoms with E-state index in [1.54, 1.807) is 26.2 Å². The van der Waals surface area contributed by atoms with Crippen LogP contribution in [0.25, 0.3) is 0 Å². The van der Waals surface area contributed by atoms with E-state index in [9.17, 15) is 14.0 Å². The van der Waals surface area contributed by atoms with Gasteiger partial charge < -0.3 is 4.90 Å². The van der Waals surface area contributed by atoms with Gasteiger partial charge >= 0.3 is 0 Å². The Morgan fingerprint density at radius 1 is 1.32 bits per heavy atom. The number of carbonyl (C=O) groups is 2. The normalized spacial score (nSPS) is 11.3. The molecule has 0 unspecified atom stereocenters. The van der Waals surface area contributed by atoms with E-state index in [0.717, 1.165) is 0 Å². The molecule has 0 heterocycles. The van der Waals surface area contributed by atoms with Crippen LogP contribution in [-0.4, -0.2) is 36.4 Å². The molecule has 0 bridgehead atoms. The summed E-state index contributed by atoms with van der Waals surface area (Å²) in [7, 11) is 3.25. The molecular weight excluding hydrogens is 269 g/mol. The predicted molar refractivity (Wildman–Crippen MR) is 73.4 cm³/mol. The van der Waals surface area contributed by atoms with E-state index in [4.69, 9.17) is 11.6 Å². The van der Waals surface area contributed by atoms with Crippen molar-refractivity contribution in [2.75, 3.05) is 14.1 Å². The third-order valence-electron chi connectivity index (χ3n) is 2.70. The molecule has 0 saturated carbocycles. The highest BCUT2D eigenvalue weighted by molar-refractivity contribution is 6.33. The number of rotatable bonds is 4. The van der Waals surface area contributed by atoms with Crippen molar-refractivity contribution in [2.45, 2.75) is 25.9 Å². The van der Waals surface area contributed by atoms with Gasteiger partial charge in [-0.3, -0.25) is 9.59 Å². The Balaban J connectivity index is 2.95. The molecule has 104 valence electrons. The van der Waals surface area contributed by atoms with Gasteiger partial charge in [0.2, 0.25) is 0 Å². The Kier molecular flexibility index (Phi) is 4.69. The minimum Gasteiger partial charge on any atom is -0.345 e. The summed E-state index contributed by atoms with van der Waals surface area (Å²) in [4.78, 5) is 24.8. The van der Waals surface area contributed by atoms with Gasteiger partial charge in [0, 0.05) is 20.5 Å². The molecule has 1 amide bonds. The molecule has 0 aliphatic rings. The second-order valence-corrected chi connectivity index (χ2v) is 5.49. The molecular formula is C14H17ClFNO2. The molecule has 0 saturated heterocycles. The zero-order chi connectivity index (χ0) is 14.8. The van der Waals surface area contributed by atoms with Crippen LogP contribution in [0.4, 0.5) is 4.39 Å². The molecule has 19 heavy (non-hydrogen) atoms. The molecule has 0 atom stereocenters. The van der Waals surface area contributed by atoms with Crippen LogP contribution < -0.4 is 0 Å². The lowest BCUT2D eigenvalue weighted by Gasteiger charge is -2.14. The minimum absolute atomic E-state index is 0.0420. The fourth-order valence-corrected chi connectivity index (χ4v) is 1.76. The molecule has 1 rings (SSSR count). The van der Waals surface area contributed by atoms with Gasteiger partial charge in [-0.15, -0.1) is 0 Å². The van der Waals surface area contributed by atoms with Crippen LogP contribution >= 0.6 is 11.6 Å². The number of ketones is 1. The van der Waals surface area contributed by atoms with E-state index in [1.807, 2.05) is 0 Å². The van der Waals surface area contributed by atoms with Crippen LogP contribution in [0.15, 0.2) is 18.2 Å². The maximum atomic E-state index is 13.4. The van der Waals surface area contributed by atoms with E-state index < -0.39 is 11.5 Å². The fraction of sp³-hybridized carbons (Fsp3) is 0.429. The van der Waals surface area contributed by atoms with Crippen molar-refractivity contribution in [3.8, 4) is 0 Å². The number of hydrogen-bond donors (Lipinski definition) is 0. The molecule has 0 radical (unpaired) electrons. The monoisotopic (exact) mass is 285 g/mol. The first-order chi connectivity index (χ1) is 8.62. The molecule has 0 aromatic heterocycles. The maximum Gasteiger partial charge on any atom is 0.254 e. The van der Waals surface area contributed by atoms with Gasteiger partial charge in [0.25, 0.3) is 5.91 Å². The third-order valence-corrected chi connectivity index (χ3v) is 3.01. The minimum atomic E-state index is -1.87. The number of Topliss-reactive ketones (excluding diaryl/α,β-unsaturated/α-hetero) is 1. The summed E-state index contributed by atoms with van der Waals surface area (Å²) in [6.45, 7) is 2.45. The summed E-state index contributed by atoms with van der Waals surface area (Å²) in [6.07, 6.45) is -0.0420. The first kappa shape index (κ1) is 15.6. The number of alkyl halides is 1. The highest BCUT2D eigenvalue weighted by Gasteiger charge is 2.26. The molecule has 0 aliphatic heterocycles. The van der Waals surface area contributed by atoms with Gasteiger partial charge in [-0.1, -0.05) is 17.7 Å². The van der Waals surface area contributed by atoms with E-state index in [-0.39, 0.29) is 17.4 Å². The zero-order valence-corrected chi connectivity index (χ0v) is 12.2. The van der Waals surface area contributed by atoms with E-state index in [1.165, 1.54) is 24.8 Å². The Bertz CT molecular complexity index is 507. The number of amides is 1. The lowest BCUT2D eigenvalue weighted by molar-refractivity contribution is -0.127. The SMILES string of the molecule is CN(C)C(=O)c1ccc(CC(=O)C(C)(C)F)cc1Cl. The smallest absolute Gasteiger partial charge is 0.254 e. The summed E-state index contributed by atoms with van der Waals surface area (Å²) in [5.74, 6) is -0.732. The number of nitrogens with zero attached hydrogens (tertiary/aromatic N) is 1. The summed E-state index contributed by atoms with van der Waals surface area (Å²) in [5.41, 5.74) is -0.914. The Morgan fingerprint density at radius 3 is 2.32 bits per heavy atom. The highest BCUT2D eigenvalue weighted by Crippen LogP contribution is 2.21. The van der Waals surface area contributed by atoms with Crippen LogP contribution in [0, 0.1) is 0 Å². The first-order valence-corrected chi connectivity index (χ1v) is 6.23. The predicted octanol–water partition coefficient (Wildman–Crippen LogP) is 2.90. The van der Waals surface area contributed by atoms with Gasteiger partial charge in [0.15, 0.2) is 11.5 Å². The first-order valence-electron chi connectivity index (χ1n) is 5.85. The molecule has 1 aromatic carbocycles. The summed E-state index contributed by atoms with van der Waals surface area (Å²) >= 11 is 6.01. The second kappa shape index (κ2) is 5.70. The van der Waals surface area contributed by atoms with Crippen LogP contribution in [0.3, 0.4) is 0 Å². The number of hydrogen-bond acceptors (Lipinski definition) is 2. The van der Waals surface area contributed by atoms with Crippen LogP contribution in [-0.2, 0) is 11.2 Å². The lowest BCUT2D eigenvalue weighted by Crippen LogP contribution is -2.27. The summed E-state index contributed by atoms with van der Waals surface area (Å²) < 4.78 is 13.4. The van der Waals surface area contributed by atoms with Crippen molar-refractivity contribution >= 4 is 23.3 Å². The van der Waals surface area contributed by atoms with Crippen molar-refractivity contribution in [1.29, 1.82) is 0 Å². The summed E-state index contributed by atoms with van der Waals surface area (Å²) in [5, 5.41) is 0.265. The fourth-order valence-electron chi connectivity index (χ4n) is 1.48. The van der Waals surface area contributed by atoms with Crippen molar-refractivity contribution < 1.29 is 14.0 Å². The maximum absolute atomic E-state index is 13.4. The topological polar surface area (TPSA) is 37.4 Å². The van der Waals surface area contributed by atoms with E-state index >= 15 is 0 Å². The molecule has 0 aliphatic carbocycles. The molecule has 0 fully saturated rings. The average Bonchev–Trinajstić information content (AvgIpc) is 2.26. The lowest BCUT2D eigenvalue weighted by atomic mass is 9.98. The largest absolute Gasteiger partial charge is 0.345 e. The quantitative estimate of drug-likeness (QED) is 0.853. The number of halogens is 2. The van der Waals surface area contributed by atoms with Gasteiger partial charge in [-0.2, -0.15) is 0 Å². The Labute approximate surface area is 117 Å². The zero-order valence-electron chi connectivity index (χ0n) is 11.5. The highest BCUT2D eigenvalue weighted by atomic mass is 35.5. The van der Waals surface area contributed by atoms with E-state index in [2.05, 4.69) is 0 Å². The number of carbonyl (C=O) groups excluding carboxylic acids is 2. The Hall–Kier alpha value is -1.42. The molecule has 0 N–H and O–H groups in total. The van der Waals surface area contributed by atoms with Crippen molar-refractivity contribution in [3.63, 3.8) is 0 Å². The molecule has 1 aromatic rings. The molecule has 5 heteroatoms. The van der Waals surface area contributed by atoms with E-state index in [0.29, 0.717) is 11.1 Å². The summed E-state index contributed by atoms with van der Waals surface area (Å²) in [6, 6.07) is 4.70. The van der Waals surface area contributed by atoms with Crippen LogP contribution in [0.1, 0.15) is 29.8 Å². The second-order valence-electron chi connectivity index (χ2n) is 5.09. The molecule has 0 spiro atoms. The van der Waals surface area contributed by atoms with Crippen molar-refractivity contribution in [1.82, 2.24) is 4.90 Å². The molecule has 3 nitrogen and oxygen atoms in total. The van der Waals surface area contributed by atoms with Crippen LogP contribution in [0.2, 0.25) is 5.02 Å². The van der Waals surface area contributed by atoms with Gasteiger partial charge in [0.05, 0.1) is 10.6 Å². The third kappa shape index (κ3) is 4.03. The van der Waals surface area contributed by atoms with Gasteiger partial charge in [-0.05, 0) is 31.5 Å². The Morgan fingerprint density at radius 2 is 1.89 bits per heavy atom. The van der Waals surface area contributed by atoms with Gasteiger partial charge in [-0.25, -0.2) is 4.39 Å². The van der Waals surface area contributed by atoms with Gasteiger partial charge in [0.1, 0.15) is 0 Å². The standard InChI is InChI=1S/C14H17ClFNO2/c1-14(2,16)12(18)8-9-5-6-10(11(15)7-9)13(19)17(3)4/h5-7H,8H2,1-4H3. The number of benzene rings is 1. The average molecular weight is 286 g/mol.